The van der Waals surface area contributed by atoms with Crippen molar-refractivity contribution in [2.45, 2.75) is 6.92 Å². The largest absolute Gasteiger partial charge is 0.340 e. The van der Waals surface area contributed by atoms with Gasteiger partial charge in [0.25, 0.3) is 5.91 Å². The molecule has 25 heavy (non-hydrogen) atoms. The zero-order valence-corrected chi connectivity index (χ0v) is 14.9. The second-order valence-electron chi connectivity index (χ2n) is 5.48. The molecule has 6 heteroatoms. The number of carbonyl (C=O) groups is 1. The number of anilines is 3. The van der Waals surface area contributed by atoms with E-state index in [-0.39, 0.29) is 5.91 Å². The Hall–Kier alpha value is -2.56. The number of amides is 1. The van der Waals surface area contributed by atoms with Crippen molar-refractivity contribution in [1.29, 1.82) is 0 Å². The van der Waals surface area contributed by atoms with Crippen LogP contribution in [0.25, 0.3) is 0 Å². The summed E-state index contributed by atoms with van der Waals surface area (Å²) >= 11 is 12.0. The Balaban J connectivity index is 1.70. The van der Waals surface area contributed by atoms with Crippen LogP contribution in [0.4, 0.5) is 17.2 Å². The Kier molecular flexibility index (Phi) is 5.22. The van der Waals surface area contributed by atoms with Crippen LogP contribution in [0.2, 0.25) is 10.0 Å². The van der Waals surface area contributed by atoms with Crippen LogP contribution in [0.15, 0.2) is 60.8 Å². The molecule has 1 amide bonds. The summed E-state index contributed by atoms with van der Waals surface area (Å²) < 4.78 is 0. The number of benzene rings is 2. The Morgan fingerprint density at radius 1 is 0.960 bits per heavy atom. The number of halogens is 2. The van der Waals surface area contributed by atoms with Gasteiger partial charge in [-0.15, -0.1) is 0 Å². The van der Waals surface area contributed by atoms with Crippen molar-refractivity contribution in [2.24, 2.45) is 0 Å². The number of carbonyl (C=O) groups excluding carboxylic acids is 1. The van der Waals surface area contributed by atoms with E-state index in [1.165, 1.54) is 0 Å². The number of rotatable bonds is 4. The molecule has 0 spiro atoms. The molecule has 0 radical (unpaired) electrons. The van der Waals surface area contributed by atoms with Crippen LogP contribution in [0.5, 0.6) is 0 Å². The minimum Gasteiger partial charge on any atom is -0.340 e. The second-order valence-corrected chi connectivity index (χ2v) is 6.36. The SMILES string of the molecule is Cc1ccccc1C(=O)Nc1ccc(Nc2cc(Cl)cc(Cl)c2)nc1. The highest BCUT2D eigenvalue weighted by molar-refractivity contribution is 6.35. The van der Waals surface area contributed by atoms with Gasteiger partial charge in [-0.3, -0.25) is 4.79 Å². The minimum absolute atomic E-state index is 0.165. The molecule has 4 nitrogen and oxygen atoms in total. The summed E-state index contributed by atoms with van der Waals surface area (Å²) in [5.74, 6) is 0.453. The highest BCUT2D eigenvalue weighted by Crippen LogP contribution is 2.25. The van der Waals surface area contributed by atoms with Crippen LogP contribution in [0.1, 0.15) is 15.9 Å². The molecular weight excluding hydrogens is 357 g/mol. The number of aryl methyl sites for hydroxylation is 1. The van der Waals surface area contributed by atoms with Gasteiger partial charge in [-0.1, -0.05) is 41.4 Å². The first-order chi connectivity index (χ1) is 12.0. The first-order valence-corrected chi connectivity index (χ1v) is 8.33. The molecular formula is C19H15Cl2N3O. The zero-order chi connectivity index (χ0) is 17.8. The van der Waals surface area contributed by atoms with E-state index in [4.69, 9.17) is 23.2 Å². The third-order valence-corrected chi connectivity index (χ3v) is 3.98. The monoisotopic (exact) mass is 371 g/mol. The quantitative estimate of drug-likeness (QED) is 0.618. The number of nitrogens with one attached hydrogen (secondary N) is 2. The van der Waals surface area contributed by atoms with Gasteiger partial charge < -0.3 is 10.6 Å². The molecule has 0 saturated heterocycles. The summed E-state index contributed by atoms with van der Waals surface area (Å²) in [6.07, 6.45) is 1.59. The van der Waals surface area contributed by atoms with E-state index in [0.29, 0.717) is 27.1 Å². The Morgan fingerprint density at radius 3 is 2.32 bits per heavy atom. The van der Waals surface area contributed by atoms with Crippen molar-refractivity contribution in [3.63, 3.8) is 0 Å². The Morgan fingerprint density at radius 2 is 1.68 bits per heavy atom. The summed E-state index contributed by atoms with van der Waals surface area (Å²) in [6.45, 7) is 1.90. The third kappa shape index (κ3) is 4.50. The van der Waals surface area contributed by atoms with Crippen LogP contribution in [-0.4, -0.2) is 10.9 Å². The zero-order valence-electron chi connectivity index (χ0n) is 13.4. The van der Waals surface area contributed by atoms with Gasteiger partial charge >= 0.3 is 0 Å². The van der Waals surface area contributed by atoms with Crippen LogP contribution in [-0.2, 0) is 0 Å². The van der Waals surface area contributed by atoms with E-state index in [1.807, 2.05) is 25.1 Å². The van der Waals surface area contributed by atoms with E-state index < -0.39 is 0 Å². The molecule has 0 aliphatic rings. The fraction of sp³-hybridized carbons (Fsp3) is 0.0526. The van der Waals surface area contributed by atoms with E-state index >= 15 is 0 Å². The number of nitrogens with zero attached hydrogens (tertiary/aromatic N) is 1. The van der Waals surface area contributed by atoms with Gasteiger partial charge in [-0.25, -0.2) is 4.98 Å². The van der Waals surface area contributed by atoms with E-state index in [1.54, 1.807) is 42.6 Å². The molecule has 2 N–H and O–H groups in total. The summed E-state index contributed by atoms with van der Waals surface area (Å²) in [5, 5.41) is 7.03. The van der Waals surface area contributed by atoms with Crippen molar-refractivity contribution in [3.05, 3.63) is 82.0 Å². The van der Waals surface area contributed by atoms with Crippen LogP contribution >= 0.6 is 23.2 Å². The molecule has 1 aromatic heterocycles. The van der Waals surface area contributed by atoms with Crippen molar-refractivity contribution < 1.29 is 4.79 Å². The standard InChI is InChI=1S/C19H15Cl2N3O/c1-12-4-2-3-5-17(12)19(25)24-15-6-7-18(22-11-15)23-16-9-13(20)8-14(21)10-16/h2-11H,1H3,(H,22,23)(H,24,25). The van der Waals surface area contributed by atoms with Gasteiger partial charge in [-0.2, -0.15) is 0 Å². The van der Waals surface area contributed by atoms with Gasteiger partial charge in [0.05, 0.1) is 11.9 Å². The fourth-order valence-corrected chi connectivity index (χ4v) is 2.87. The molecule has 0 fully saturated rings. The Bertz CT molecular complexity index is 891. The molecule has 126 valence electrons. The highest BCUT2D eigenvalue weighted by atomic mass is 35.5. The van der Waals surface area contributed by atoms with Gasteiger partial charge in [0.1, 0.15) is 5.82 Å². The first-order valence-electron chi connectivity index (χ1n) is 7.57. The lowest BCUT2D eigenvalue weighted by Gasteiger charge is -2.09. The lowest BCUT2D eigenvalue weighted by Crippen LogP contribution is -2.13. The molecule has 3 aromatic rings. The summed E-state index contributed by atoms with van der Waals surface area (Å²) in [5.41, 5.74) is 2.91. The van der Waals surface area contributed by atoms with Crippen molar-refractivity contribution >= 4 is 46.3 Å². The normalized spacial score (nSPS) is 10.4. The van der Waals surface area contributed by atoms with Crippen molar-refractivity contribution in [3.8, 4) is 0 Å². The Labute approximate surface area is 155 Å². The minimum atomic E-state index is -0.165. The molecule has 1 heterocycles. The highest BCUT2D eigenvalue weighted by Gasteiger charge is 2.08. The van der Waals surface area contributed by atoms with Crippen molar-refractivity contribution in [2.75, 3.05) is 10.6 Å². The van der Waals surface area contributed by atoms with E-state index in [9.17, 15) is 4.79 Å². The molecule has 3 rings (SSSR count). The van der Waals surface area contributed by atoms with Gasteiger partial charge in [0.15, 0.2) is 0 Å². The fourth-order valence-electron chi connectivity index (χ4n) is 2.34. The van der Waals surface area contributed by atoms with Crippen molar-refractivity contribution in [1.82, 2.24) is 4.98 Å². The average Bonchev–Trinajstić information content (AvgIpc) is 2.56. The van der Waals surface area contributed by atoms with Gasteiger partial charge in [0.2, 0.25) is 0 Å². The van der Waals surface area contributed by atoms with Crippen LogP contribution in [0.3, 0.4) is 0 Å². The maximum atomic E-state index is 12.3. The topological polar surface area (TPSA) is 54.0 Å². The molecule has 0 aliphatic heterocycles. The predicted octanol–water partition coefficient (Wildman–Crippen LogP) is 5.69. The molecule has 0 saturated carbocycles. The van der Waals surface area contributed by atoms with Gasteiger partial charge in [-0.05, 0) is 48.9 Å². The molecule has 2 aromatic carbocycles. The summed E-state index contributed by atoms with van der Waals surface area (Å²) in [4.78, 5) is 16.6. The molecule has 0 atom stereocenters. The second kappa shape index (κ2) is 7.55. The summed E-state index contributed by atoms with van der Waals surface area (Å²) in [7, 11) is 0. The van der Waals surface area contributed by atoms with E-state index in [2.05, 4.69) is 15.6 Å². The average molecular weight is 372 g/mol. The lowest BCUT2D eigenvalue weighted by atomic mass is 10.1. The number of hydrogen-bond acceptors (Lipinski definition) is 3. The third-order valence-electron chi connectivity index (χ3n) is 3.55. The number of aromatic nitrogens is 1. The number of pyridine rings is 1. The smallest absolute Gasteiger partial charge is 0.255 e. The lowest BCUT2D eigenvalue weighted by molar-refractivity contribution is 0.102. The molecule has 0 bridgehead atoms. The first kappa shape index (κ1) is 17.3. The predicted molar refractivity (Wildman–Crippen MR) is 103 cm³/mol. The molecule has 0 aliphatic carbocycles. The molecule has 0 unspecified atom stereocenters. The number of hydrogen-bond donors (Lipinski definition) is 2. The van der Waals surface area contributed by atoms with E-state index in [0.717, 1.165) is 11.3 Å². The summed E-state index contributed by atoms with van der Waals surface area (Å²) in [6, 6.07) is 16.1. The van der Waals surface area contributed by atoms with Crippen LogP contribution < -0.4 is 10.6 Å². The van der Waals surface area contributed by atoms with Gasteiger partial charge in [0, 0.05) is 21.3 Å². The maximum Gasteiger partial charge on any atom is 0.255 e. The maximum absolute atomic E-state index is 12.3. The van der Waals surface area contributed by atoms with Crippen LogP contribution in [0, 0.1) is 6.92 Å².